The van der Waals surface area contributed by atoms with Crippen LogP contribution in [0.3, 0.4) is 0 Å². The third-order valence-corrected chi connectivity index (χ3v) is 21.8. The number of nitrogens with zero attached hydrogens (tertiary/aromatic N) is 19. The molecular weight excluding hydrogens is 1930 g/mol. The monoisotopic (exact) mass is 2030 g/mol. The number of rotatable bonds is 21. The summed E-state index contributed by atoms with van der Waals surface area (Å²) >= 11 is 22.7. The molecule has 142 heavy (non-hydrogen) atoms. The first-order valence-electron chi connectivity index (χ1n) is 43.5. The molecule has 0 bridgehead atoms. The van der Waals surface area contributed by atoms with E-state index >= 15 is 0 Å². The van der Waals surface area contributed by atoms with Gasteiger partial charge in [-0.3, -0.25) is 43.5 Å². The van der Waals surface area contributed by atoms with Crippen LogP contribution in [0.4, 0.5) is 63.0 Å². The highest BCUT2D eigenvalue weighted by Gasteiger charge is 2.27. The Bertz CT molecular complexity index is 6690. The number of fused-ring (bicyclic) bond motifs is 1. The van der Waals surface area contributed by atoms with Gasteiger partial charge in [-0.15, -0.1) is 5.10 Å². The number of aromatic carboxylic acids is 2. The molecule has 48 nitrogen and oxygen atoms in total. The molecule has 13 N–H and O–H groups in total. The fourth-order valence-corrected chi connectivity index (χ4v) is 14.3. The molecule has 16 rings (SSSR count). The average molecular weight is 2030 g/mol. The zero-order valence-corrected chi connectivity index (χ0v) is 80.4. The quantitative estimate of drug-likeness (QED) is 0.0109. The topological polar surface area (TPSA) is 627 Å². The fourth-order valence-electron chi connectivity index (χ4n) is 13.6. The van der Waals surface area contributed by atoms with Crippen molar-refractivity contribution < 1.29 is 77.2 Å². The number of piperazine rings is 4. The van der Waals surface area contributed by atoms with E-state index in [1.165, 1.54) is 35.3 Å². The minimum absolute atomic E-state index is 0.00144. The van der Waals surface area contributed by atoms with Crippen molar-refractivity contribution in [1.29, 1.82) is 0 Å². The first-order chi connectivity index (χ1) is 68.0. The van der Waals surface area contributed by atoms with Crippen LogP contribution in [-0.2, 0) is 33.4 Å². The number of ether oxygens (including phenoxy) is 3. The molecule has 0 aliphatic carbocycles. The van der Waals surface area contributed by atoms with Gasteiger partial charge in [0.15, 0.2) is 5.82 Å². The van der Waals surface area contributed by atoms with Gasteiger partial charge in [-0.25, -0.2) is 58.5 Å². The second kappa shape index (κ2) is 52.1. The molecular formula is C90H98Cl4N28O20. The lowest BCUT2D eigenvalue weighted by Gasteiger charge is -2.35. The number of nitrogens with two attached hydrogens (primary N) is 2. The normalized spacial score (nSPS) is 13.1. The number of carbonyl (C=O) groups excluding carboxylic acids is 8. The van der Waals surface area contributed by atoms with Crippen LogP contribution in [0.5, 0.6) is 6.01 Å². The Balaban J connectivity index is 0.000000177. The number of aromatic nitrogens is 15. The number of amides is 5. The van der Waals surface area contributed by atoms with E-state index in [9.17, 15) is 72.2 Å². The number of primary amides is 1. The van der Waals surface area contributed by atoms with E-state index in [2.05, 4.69) is 95.5 Å². The average Bonchev–Trinajstić information content (AvgIpc) is 1.37. The number of hydrogen-bond acceptors (Lipinski definition) is 36. The molecule has 4 fully saturated rings. The SMILES string of the molecule is CC(=O)N1CCN(c2ccc(N)cc2)CC1.CC(=O)N1CCN(c2ccc(Nc3nc(Cl)ncc3C(=O)O)cc2)CC1.CC(=O)N1CCN(c2ccc(Nc3nc(On4nnc5ccccc54)ncc3C(N)=O)cc2)CC1.CCOC(=O)c1c[nH]c(=O)[nH]c1=O.CCOC(=O)c1cnc(Cl)nc1Cl.CCOC(=O)c1cnc(Cl)nc1Nc1ccc(N2CCN(C(C)=O)CC2)cc1.O=C(O)c1c[nH]c(=O)[nH]c1=O. The van der Waals surface area contributed by atoms with Gasteiger partial charge >= 0.3 is 47.2 Å². The van der Waals surface area contributed by atoms with Gasteiger partial charge < -0.3 is 106 Å². The van der Waals surface area contributed by atoms with Crippen molar-refractivity contribution in [2.24, 2.45) is 5.73 Å². The van der Waals surface area contributed by atoms with Crippen molar-refractivity contribution >= 4 is 180 Å². The Labute approximate surface area is 827 Å². The number of halogens is 4. The summed E-state index contributed by atoms with van der Waals surface area (Å²) in [7, 11) is 0. The summed E-state index contributed by atoms with van der Waals surface area (Å²) in [6.45, 7) is 24.5. The lowest BCUT2D eigenvalue weighted by molar-refractivity contribution is -0.129. The molecule has 4 aliphatic rings. The summed E-state index contributed by atoms with van der Waals surface area (Å²) in [5.74, 6) is -3.89. The Morgan fingerprint density at radius 2 is 0.732 bits per heavy atom. The smallest absolute Gasteiger partial charge is 0.347 e. The number of para-hydroxylation sites is 1. The molecule has 5 aromatic carbocycles. The van der Waals surface area contributed by atoms with Gasteiger partial charge in [0.2, 0.25) is 39.5 Å². The van der Waals surface area contributed by atoms with Crippen LogP contribution in [-0.4, -0.2) is 289 Å². The number of aromatic amines is 4. The third-order valence-electron chi connectivity index (χ3n) is 21.0. The summed E-state index contributed by atoms with van der Waals surface area (Å²) in [4.78, 5) is 218. The summed E-state index contributed by atoms with van der Waals surface area (Å²) in [6.07, 6.45) is 6.93. The molecule has 0 spiro atoms. The summed E-state index contributed by atoms with van der Waals surface area (Å²) < 4.78 is 14.3. The maximum atomic E-state index is 12.1. The van der Waals surface area contributed by atoms with E-state index in [-0.39, 0.29) is 110 Å². The van der Waals surface area contributed by atoms with Crippen LogP contribution in [0, 0.1) is 0 Å². The lowest BCUT2D eigenvalue weighted by Crippen LogP contribution is -2.48. The number of esters is 3. The maximum absolute atomic E-state index is 12.1. The third kappa shape index (κ3) is 31.4. The van der Waals surface area contributed by atoms with Crippen molar-refractivity contribution in [3.63, 3.8) is 0 Å². The number of benzene rings is 5. The molecule has 746 valence electrons. The van der Waals surface area contributed by atoms with E-state index in [0.29, 0.717) is 54.4 Å². The van der Waals surface area contributed by atoms with Gasteiger partial charge in [0.1, 0.15) is 61.2 Å². The second-order valence-electron chi connectivity index (χ2n) is 30.3. The number of carbonyl (C=O) groups is 10. The molecule has 7 aromatic heterocycles. The number of carboxylic acids is 2. The van der Waals surface area contributed by atoms with E-state index in [1.807, 2.05) is 139 Å². The van der Waals surface area contributed by atoms with Gasteiger partial charge in [0.05, 0.1) is 19.8 Å². The van der Waals surface area contributed by atoms with Crippen LogP contribution in [0.1, 0.15) is 111 Å². The molecule has 4 aliphatic heterocycles. The molecule has 0 unspecified atom stereocenters. The van der Waals surface area contributed by atoms with E-state index in [0.717, 1.165) is 119 Å². The minimum atomic E-state index is -1.37. The highest BCUT2D eigenvalue weighted by molar-refractivity contribution is 6.34. The van der Waals surface area contributed by atoms with Crippen molar-refractivity contribution in [3.05, 3.63) is 255 Å². The number of anilines is 11. The van der Waals surface area contributed by atoms with Gasteiger partial charge in [0, 0.05) is 215 Å². The number of hydrogen-bond donors (Lipinski definition) is 11. The van der Waals surface area contributed by atoms with Gasteiger partial charge in [-0.2, -0.15) is 15.0 Å². The van der Waals surface area contributed by atoms with Crippen molar-refractivity contribution in [2.45, 2.75) is 48.5 Å². The Morgan fingerprint density at radius 3 is 1.10 bits per heavy atom. The maximum Gasteiger partial charge on any atom is 0.347 e. The van der Waals surface area contributed by atoms with Crippen LogP contribution in [0.15, 0.2) is 178 Å². The minimum Gasteiger partial charge on any atom is -0.477 e. The highest BCUT2D eigenvalue weighted by Crippen LogP contribution is 2.30. The number of nitrogens with one attached hydrogen (secondary N) is 7. The largest absolute Gasteiger partial charge is 0.477 e. The molecule has 5 amide bonds. The lowest BCUT2D eigenvalue weighted by atomic mass is 10.2. The standard InChI is InChI=1S/C23H23N9O3.C19H22ClN5O3.C17H18ClN5O3.C12H17N3O.C7H6Cl2N2O2.C7H8N2O4.C5H4N2O4/c1-15(33)30-10-12-31(13-11-30)17-8-6-16(7-9-17)26-22-18(21(24)34)14-25-23(27-22)35-32-20-5-3-2-4-19(20)28-29-32;1-3-28-18(27)16-12-21-19(20)23-17(16)22-14-4-6-15(7-5-14)25-10-8-24(9-11-25)13(2)26;1-11(24)22-6-8-23(9-7-22)13-4-2-12(3-5-13)20-15-14(16(25)26)10-19-17(18)21-15;1-10(16)14-6-8-15(9-7-14)12-4-2-11(13)3-5-12;1-2-13-6(12)4-3-10-7(9)11-5(4)8;1-2-13-6(11)4-3-8-7(12)9-5(4)10;8-3-2(4(9)10)1-6-5(11)7-3/h2-9,14H,10-13H2,1H3,(H2,24,34)(H,25,26,27);4-7,12H,3,8-11H2,1-2H3,(H,21,22,23);2-5,10H,6-9H2,1H3,(H,25,26)(H,19,20,21);2-5H,6-9,13H2,1H3;3H,2H2,1H3;3H,2H2,1H3,(H2,8,9,10,12);1H,(H,9,10)(H2,6,7,8,11). The van der Waals surface area contributed by atoms with E-state index < -0.39 is 63.8 Å². The molecule has 12 aromatic rings. The Kier molecular flexibility index (Phi) is 39.4. The fraction of sp³-hybridized carbons (Fsp3) is 0.289. The van der Waals surface area contributed by atoms with Crippen molar-refractivity contribution in [1.82, 2.24) is 94.6 Å². The van der Waals surface area contributed by atoms with Crippen molar-refractivity contribution in [3.8, 4) is 6.01 Å². The van der Waals surface area contributed by atoms with Crippen molar-refractivity contribution in [2.75, 3.05) is 166 Å². The first kappa shape index (κ1) is 107. The molecule has 0 radical (unpaired) electrons. The molecule has 52 heteroatoms. The second-order valence-corrected chi connectivity index (χ2v) is 31.7. The van der Waals surface area contributed by atoms with Crippen LogP contribution in [0.2, 0.25) is 21.0 Å². The Morgan fingerprint density at radius 1 is 0.401 bits per heavy atom. The Hall–Kier alpha value is -16.8. The number of H-pyrrole nitrogens is 4. The zero-order valence-electron chi connectivity index (χ0n) is 77.4. The molecule has 11 heterocycles. The molecule has 0 saturated carbocycles. The number of carboxylic acid groups (broad SMARTS) is 2. The zero-order chi connectivity index (χ0) is 103. The predicted octanol–water partition coefficient (Wildman–Crippen LogP) is 7.43. The summed E-state index contributed by atoms with van der Waals surface area (Å²) in [5, 5.41) is 34.7. The molecule has 0 atom stereocenters. The van der Waals surface area contributed by atoms with Crippen LogP contribution in [0.25, 0.3) is 11.0 Å². The predicted molar refractivity (Wildman–Crippen MR) is 525 cm³/mol. The summed E-state index contributed by atoms with van der Waals surface area (Å²) in [5.41, 5.74) is 16.4. The van der Waals surface area contributed by atoms with E-state index in [4.69, 9.17) is 77.3 Å². The first-order valence-corrected chi connectivity index (χ1v) is 45.0. The van der Waals surface area contributed by atoms with E-state index in [1.54, 1.807) is 65.6 Å². The van der Waals surface area contributed by atoms with Crippen LogP contribution < -0.4 is 74.4 Å². The van der Waals surface area contributed by atoms with Gasteiger partial charge in [-0.05, 0) is 170 Å². The molecule has 4 saturated heterocycles. The highest BCUT2D eigenvalue weighted by atomic mass is 35.5. The van der Waals surface area contributed by atoms with Gasteiger partial charge in [-0.1, -0.05) is 28.6 Å². The van der Waals surface area contributed by atoms with Crippen LogP contribution >= 0.6 is 46.4 Å². The summed E-state index contributed by atoms with van der Waals surface area (Å²) in [6, 6.07) is 38.2. The van der Waals surface area contributed by atoms with Gasteiger partial charge in [0.25, 0.3) is 17.0 Å². The number of nitrogen functional groups attached to an aromatic ring is 1.